The van der Waals surface area contributed by atoms with Crippen molar-refractivity contribution in [1.82, 2.24) is 15.3 Å². The number of thiocarbonyl (C=S) groups is 1. The van der Waals surface area contributed by atoms with Crippen LogP contribution in [0.15, 0.2) is 18.7 Å². The molecule has 0 bridgehead atoms. The molecule has 0 spiro atoms. The average molecular weight is 210 g/mol. The first kappa shape index (κ1) is 10.8. The standard InChI is InChI=1S/C9H14N4S/c1-2-3-4-12-9(14)13-8-5-10-7-11-6-8/h5-7H,2-4H2,1H3,(H2,12,13,14). The van der Waals surface area contributed by atoms with E-state index in [4.69, 9.17) is 12.2 Å². The molecule has 0 atom stereocenters. The maximum atomic E-state index is 5.07. The van der Waals surface area contributed by atoms with Gasteiger partial charge in [0, 0.05) is 6.54 Å². The average Bonchev–Trinajstić information content (AvgIpc) is 2.20. The summed E-state index contributed by atoms with van der Waals surface area (Å²) in [4.78, 5) is 7.75. The van der Waals surface area contributed by atoms with Crippen LogP contribution in [0.1, 0.15) is 19.8 Å². The quantitative estimate of drug-likeness (QED) is 0.583. The van der Waals surface area contributed by atoms with E-state index in [1.807, 2.05) is 0 Å². The molecule has 76 valence electrons. The van der Waals surface area contributed by atoms with Crippen molar-refractivity contribution in [3.8, 4) is 0 Å². The van der Waals surface area contributed by atoms with E-state index < -0.39 is 0 Å². The minimum Gasteiger partial charge on any atom is -0.362 e. The van der Waals surface area contributed by atoms with E-state index in [1.54, 1.807) is 12.4 Å². The lowest BCUT2D eigenvalue weighted by molar-refractivity contribution is 0.758. The van der Waals surface area contributed by atoms with Gasteiger partial charge in [-0.25, -0.2) is 9.97 Å². The normalized spacial score (nSPS) is 9.50. The zero-order valence-corrected chi connectivity index (χ0v) is 8.97. The number of anilines is 1. The summed E-state index contributed by atoms with van der Waals surface area (Å²) in [6, 6.07) is 0. The van der Waals surface area contributed by atoms with Gasteiger partial charge in [0.05, 0.1) is 18.1 Å². The molecule has 0 aliphatic rings. The lowest BCUT2D eigenvalue weighted by Crippen LogP contribution is -2.29. The van der Waals surface area contributed by atoms with Gasteiger partial charge in [0.15, 0.2) is 5.11 Å². The van der Waals surface area contributed by atoms with Crippen molar-refractivity contribution < 1.29 is 0 Å². The third-order valence-corrected chi connectivity index (χ3v) is 1.88. The van der Waals surface area contributed by atoms with E-state index in [9.17, 15) is 0 Å². The summed E-state index contributed by atoms with van der Waals surface area (Å²) in [6.07, 6.45) is 7.12. The summed E-state index contributed by atoms with van der Waals surface area (Å²) in [5.41, 5.74) is 0.807. The summed E-state index contributed by atoms with van der Waals surface area (Å²) < 4.78 is 0. The maximum absolute atomic E-state index is 5.07. The van der Waals surface area contributed by atoms with E-state index >= 15 is 0 Å². The van der Waals surface area contributed by atoms with Gasteiger partial charge in [-0.3, -0.25) is 0 Å². The predicted molar refractivity (Wildman–Crippen MR) is 61.2 cm³/mol. The van der Waals surface area contributed by atoms with Crippen LogP contribution in [0.5, 0.6) is 0 Å². The van der Waals surface area contributed by atoms with Gasteiger partial charge >= 0.3 is 0 Å². The Balaban J connectivity index is 2.27. The Kier molecular flexibility index (Phi) is 4.85. The van der Waals surface area contributed by atoms with E-state index in [-0.39, 0.29) is 0 Å². The van der Waals surface area contributed by atoms with Crippen molar-refractivity contribution in [2.45, 2.75) is 19.8 Å². The first-order valence-corrected chi connectivity index (χ1v) is 5.03. The van der Waals surface area contributed by atoms with Crippen molar-refractivity contribution >= 4 is 23.0 Å². The summed E-state index contributed by atoms with van der Waals surface area (Å²) in [5.74, 6) is 0. The minimum absolute atomic E-state index is 0.619. The summed E-state index contributed by atoms with van der Waals surface area (Å²) in [7, 11) is 0. The number of hydrogen-bond donors (Lipinski definition) is 2. The molecule has 1 aromatic heterocycles. The Morgan fingerprint density at radius 1 is 1.43 bits per heavy atom. The number of unbranched alkanes of at least 4 members (excludes halogenated alkanes) is 1. The summed E-state index contributed by atoms with van der Waals surface area (Å²) in [6.45, 7) is 3.04. The van der Waals surface area contributed by atoms with Crippen LogP contribution >= 0.6 is 12.2 Å². The second-order valence-corrected chi connectivity index (χ2v) is 3.27. The van der Waals surface area contributed by atoms with Crippen molar-refractivity contribution in [2.24, 2.45) is 0 Å². The van der Waals surface area contributed by atoms with Crippen molar-refractivity contribution in [2.75, 3.05) is 11.9 Å². The van der Waals surface area contributed by atoms with Crippen LogP contribution in [0.2, 0.25) is 0 Å². The van der Waals surface area contributed by atoms with Gasteiger partial charge in [-0.1, -0.05) is 13.3 Å². The van der Waals surface area contributed by atoms with Crippen molar-refractivity contribution in [3.63, 3.8) is 0 Å². The molecule has 14 heavy (non-hydrogen) atoms. The summed E-state index contributed by atoms with van der Waals surface area (Å²) in [5, 5.41) is 6.71. The molecule has 0 fully saturated rings. The van der Waals surface area contributed by atoms with E-state index in [0.717, 1.165) is 25.1 Å². The molecule has 0 saturated heterocycles. The Morgan fingerprint density at radius 2 is 2.14 bits per heavy atom. The van der Waals surface area contributed by atoms with Gasteiger partial charge < -0.3 is 10.6 Å². The van der Waals surface area contributed by atoms with Crippen LogP contribution < -0.4 is 10.6 Å². The fourth-order valence-corrected chi connectivity index (χ4v) is 1.14. The molecule has 0 aliphatic carbocycles. The SMILES string of the molecule is CCCCNC(=S)Nc1cncnc1. The van der Waals surface area contributed by atoms with Crippen molar-refractivity contribution in [3.05, 3.63) is 18.7 Å². The van der Waals surface area contributed by atoms with Crippen LogP contribution in [-0.2, 0) is 0 Å². The minimum atomic E-state index is 0.619. The van der Waals surface area contributed by atoms with Crippen LogP contribution in [0.4, 0.5) is 5.69 Å². The van der Waals surface area contributed by atoms with Gasteiger partial charge in [0.25, 0.3) is 0 Å². The molecule has 0 radical (unpaired) electrons. The molecular formula is C9H14N4S. The zero-order valence-electron chi connectivity index (χ0n) is 8.16. The Bertz CT molecular complexity index is 275. The fraction of sp³-hybridized carbons (Fsp3) is 0.444. The highest BCUT2D eigenvalue weighted by Gasteiger charge is 1.95. The van der Waals surface area contributed by atoms with Crippen LogP contribution in [-0.4, -0.2) is 21.6 Å². The summed E-state index contributed by atoms with van der Waals surface area (Å²) >= 11 is 5.07. The Morgan fingerprint density at radius 3 is 2.79 bits per heavy atom. The van der Waals surface area contributed by atoms with Gasteiger partial charge in [-0.15, -0.1) is 0 Å². The maximum Gasteiger partial charge on any atom is 0.170 e. The van der Waals surface area contributed by atoms with E-state index in [1.165, 1.54) is 6.33 Å². The highest BCUT2D eigenvalue weighted by Crippen LogP contribution is 1.99. The molecule has 0 unspecified atom stereocenters. The monoisotopic (exact) mass is 210 g/mol. The molecule has 1 rings (SSSR count). The number of aromatic nitrogens is 2. The third-order valence-electron chi connectivity index (χ3n) is 1.63. The van der Waals surface area contributed by atoms with Gasteiger partial charge in [-0.05, 0) is 18.6 Å². The number of nitrogens with zero attached hydrogens (tertiary/aromatic N) is 2. The lowest BCUT2D eigenvalue weighted by atomic mass is 10.3. The largest absolute Gasteiger partial charge is 0.362 e. The molecule has 0 aliphatic heterocycles. The molecule has 0 aromatic carbocycles. The number of rotatable bonds is 4. The third kappa shape index (κ3) is 4.13. The molecule has 2 N–H and O–H groups in total. The second kappa shape index (κ2) is 6.26. The zero-order chi connectivity index (χ0) is 10.2. The molecule has 0 saturated carbocycles. The smallest absolute Gasteiger partial charge is 0.170 e. The lowest BCUT2D eigenvalue weighted by Gasteiger charge is -2.08. The number of nitrogens with one attached hydrogen (secondary N) is 2. The molecule has 1 heterocycles. The highest BCUT2D eigenvalue weighted by atomic mass is 32.1. The molecule has 5 heteroatoms. The molecular weight excluding hydrogens is 196 g/mol. The second-order valence-electron chi connectivity index (χ2n) is 2.86. The topological polar surface area (TPSA) is 49.8 Å². The van der Waals surface area contributed by atoms with Crippen LogP contribution in [0.3, 0.4) is 0 Å². The number of hydrogen-bond acceptors (Lipinski definition) is 3. The van der Waals surface area contributed by atoms with Crippen LogP contribution in [0, 0.1) is 0 Å². The molecule has 4 nitrogen and oxygen atoms in total. The molecule has 1 aromatic rings. The first-order valence-electron chi connectivity index (χ1n) is 4.62. The Labute approximate surface area is 89.2 Å². The van der Waals surface area contributed by atoms with Crippen LogP contribution in [0.25, 0.3) is 0 Å². The highest BCUT2D eigenvalue weighted by molar-refractivity contribution is 7.80. The van der Waals surface area contributed by atoms with Gasteiger partial charge in [-0.2, -0.15) is 0 Å². The predicted octanol–water partition coefficient (Wildman–Crippen LogP) is 1.56. The van der Waals surface area contributed by atoms with E-state index in [0.29, 0.717) is 5.11 Å². The van der Waals surface area contributed by atoms with Crippen molar-refractivity contribution in [1.29, 1.82) is 0 Å². The molecule has 0 amide bonds. The van der Waals surface area contributed by atoms with Gasteiger partial charge in [0.2, 0.25) is 0 Å². The Hall–Kier alpha value is -1.23. The van der Waals surface area contributed by atoms with Gasteiger partial charge in [0.1, 0.15) is 6.33 Å². The first-order chi connectivity index (χ1) is 6.83. The fourth-order valence-electron chi connectivity index (χ4n) is 0.918. The van der Waals surface area contributed by atoms with E-state index in [2.05, 4.69) is 27.5 Å².